The second-order valence-electron chi connectivity index (χ2n) is 8.70. The average molecular weight is 507 g/mol. The van der Waals surface area contributed by atoms with E-state index >= 15 is 0 Å². The normalized spacial score (nSPS) is 15.2. The lowest BCUT2D eigenvalue weighted by Crippen LogP contribution is -2.35. The smallest absolute Gasteiger partial charge is 0.202 e. The van der Waals surface area contributed by atoms with Crippen LogP contribution in [0, 0.1) is 25.2 Å². The van der Waals surface area contributed by atoms with Gasteiger partial charge in [-0.25, -0.2) is 15.0 Å². The van der Waals surface area contributed by atoms with Gasteiger partial charge in [0.25, 0.3) is 0 Å². The first kappa shape index (κ1) is 25.5. The molecule has 2 aromatic carbocycles. The molecule has 8 nitrogen and oxygen atoms in total. The summed E-state index contributed by atoms with van der Waals surface area (Å²) in [6.45, 7) is 6.28. The molecule has 0 saturated carbocycles. The molecular weight excluding hydrogens is 476 g/mol. The number of nitrogens with zero attached hydrogens (tertiary/aromatic N) is 3. The first-order valence-electron chi connectivity index (χ1n) is 12.0. The van der Waals surface area contributed by atoms with Crippen LogP contribution in [0.15, 0.2) is 41.7 Å². The average Bonchev–Trinajstić information content (AvgIpc) is 2.89. The van der Waals surface area contributed by atoms with E-state index in [1.165, 1.54) is 6.33 Å². The zero-order valence-electron chi connectivity index (χ0n) is 20.8. The van der Waals surface area contributed by atoms with Gasteiger partial charge >= 0.3 is 0 Å². The van der Waals surface area contributed by atoms with Crippen LogP contribution in [-0.4, -0.2) is 48.8 Å². The van der Waals surface area contributed by atoms with Crippen molar-refractivity contribution in [2.75, 3.05) is 37.4 Å². The summed E-state index contributed by atoms with van der Waals surface area (Å²) >= 11 is 6.42. The molecule has 9 heteroatoms. The maximum atomic E-state index is 6.42. The van der Waals surface area contributed by atoms with Crippen molar-refractivity contribution < 1.29 is 9.47 Å². The Morgan fingerprint density at radius 2 is 2.06 bits per heavy atom. The summed E-state index contributed by atoms with van der Waals surface area (Å²) in [5.41, 5.74) is 2.42. The zero-order valence-corrected chi connectivity index (χ0v) is 21.5. The lowest BCUT2D eigenvalue weighted by molar-refractivity contribution is 0.124. The fourth-order valence-corrected chi connectivity index (χ4v) is 4.55. The van der Waals surface area contributed by atoms with Crippen LogP contribution in [-0.2, 0) is 0 Å². The van der Waals surface area contributed by atoms with Crippen molar-refractivity contribution in [2.24, 2.45) is 10.9 Å². The number of anilines is 2. The molecule has 1 fully saturated rings. The molecule has 0 amide bonds. The number of hydrogen-bond acceptors (Lipinski definition) is 6. The number of aliphatic imine (C=N–C) groups is 1. The van der Waals surface area contributed by atoms with E-state index in [0.717, 1.165) is 42.6 Å². The molecule has 0 radical (unpaired) electrons. The molecule has 1 aliphatic rings. The van der Waals surface area contributed by atoms with Gasteiger partial charge in [0.1, 0.15) is 18.7 Å². The number of rotatable bonds is 7. The van der Waals surface area contributed by atoms with Crippen LogP contribution >= 0.6 is 11.6 Å². The Bertz CT molecular complexity index is 1260. The van der Waals surface area contributed by atoms with Crippen LogP contribution in [0.1, 0.15) is 25.3 Å². The number of guanidine groups is 1. The van der Waals surface area contributed by atoms with Crippen LogP contribution in [0.5, 0.6) is 11.5 Å². The summed E-state index contributed by atoms with van der Waals surface area (Å²) in [6, 6.07) is 9.44. The summed E-state index contributed by atoms with van der Waals surface area (Å²) < 4.78 is 12.0. The number of methoxy groups -OCH3 is 1. The van der Waals surface area contributed by atoms with Gasteiger partial charge < -0.3 is 25.4 Å². The molecule has 0 spiro atoms. The van der Waals surface area contributed by atoms with E-state index in [-0.39, 0.29) is 12.6 Å². The molecule has 1 aromatic heterocycles. The van der Waals surface area contributed by atoms with Crippen LogP contribution in [0.3, 0.4) is 0 Å². The van der Waals surface area contributed by atoms with Crippen LogP contribution in [0.25, 0.3) is 10.9 Å². The molecule has 36 heavy (non-hydrogen) atoms. The van der Waals surface area contributed by atoms with Crippen molar-refractivity contribution in [1.29, 1.82) is 0 Å². The van der Waals surface area contributed by atoms with Crippen molar-refractivity contribution in [3.63, 3.8) is 0 Å². The largest absolute Gasteiger partial charge is 0.493 e. The Kier molecular flexibility index (Phi) is 8.47. The summed E-state index contributed by atoms with van der Waals surface area (Å²) in [7, 11) is 1.63. The third-order valence-corrected chi connectivity index (χ3v) is 6.63. The highest BCUT2D eigenvalue weighted by atomic mass is 35.5. The van der Waals surface area contributed by atoms with Crippen molar-refractivity contribution >= 4 is 40.0 Å². The molecule has 1 unspecified atom stereocenters. The van der Waals surface area contributed by atoms with E-state index < -0.39 is 0 Å². The highest BCUT2D eigenvalue weighted by Gasteiger charge is 2.23. The predicted octanol–water partition coefficient (Wildman–Crippen LogP) is 4.88. The van der Waals surface area contributed by atoms with Crippen LogP contribution in [0.2, 0.25) is 5.02 Å². The molecule has 3 N–H and O–H groups in total. The van der Waals surface area contributed by atoms with E-state index in [1.807, 2.05) is 37.3 Å². The van der Waals surface area contributed by atoms with Crippen LogP contribution < -0.4 is 25.4 Å². The fourth-order valence-electron chi connectivity index (χ4n) is 4.28. The van der Waals surface area contributed by atoms with Gasteiger partial charge in [-0.1, -0.05) is 29.7 Å². The fraction of sp³-hybridized carbons (Fsp3) is 0.370. The quantitative estimate of drug-likeness (QED) is 0.239. The maximum absolute atomic E-state index is 6.42. The number of halogens is 1. The number of aryl methyl sites for hydroxylation is 1. The number of ether oxygens (including phenoxy) is 2. The number of nitrogens with one attached hydrogen (secondary N) is 3. The van der Waals surface area contributed by atoms with Crippen molar-refractivity contribution in [1.82, 2.24) is 15.3 Å². The lowest BCUT2D eigenvalue weighted by Gasteiger charge is -2.29. The number of fused-ring (bicyclic) bond motifs is 1. The Balaban J connectivity index is 1.63. The van der Waals surface area contributed by atoms with Gasteiger partial charge in [-0.05, 0) is 63.4 Å². The van der Waals surface area contributed by atoms with Gasteiger partial charge in [0.15, 0.2) is 11.5 Å². The van der Waals surface area contributed by atoms with Gasteiger partial charge in [0, 0.05) is 11.5 Å². The molecule has 4 rings (SSSR count). The number of piperidine rings is 1. The standard InChI is InChI=1S/C27H31ClN6O2/c1-5-11-30-27(33-25-17(2)7-6-8-21(25)28)34-26-20-14-23(35-4)24(15-22(20)31-16-32-26)36-18(3)19-9-12-29-13-10-19/h1,6-8,14-16,18-19,29H,9-13H2,2-4H3,(H2,30,31,32,33,34). The van der Waals surface area contributed by atoms with Gasteiger partial charge in [0.05, 0.1) is 29.4 Å². The second-order valence-corrected chi connectivity index (χ2v) is 9.11. The van der Waals surface area contributed by atoms with Crippen LogP contribution in [0.4, 0.5) is 11.5 Å². The first-order chi connectivity index (χ1) is 17.5. The number of aromatic nitrogens is 2. The summed E-state index contributed by atoms with van der Waals surface area (Å²) in [6.07, 6.45) is 9.20. The van der Waals surface area contributed by atoms with Gasteiger partial charge in [-0.15, -0.1) is 6.42 Å². The van der Waals surface area contributed by atoms with Crippen molar-refractivity contribution in [3.8, 4) is 23.8 Å². The molecule has 0 bridgehead atoms. The van der Waals surface area contributed by atoms with E-state index in [4.69, 9.17) is 27.5 Å². The Labute approximate surface area is 216 Å². The predicted molar refractivity (Wildman–Crippen MR) is 146 cm³/mol. The highest BCUT2D eigenvalue weighted by molar-refractivity contribution is 6.34. The van der Waals surface area contributed by atoms with Gasteiger partial charge in [-0.2, -0.15) is 0 Å². The monoisotopic (exact) mass is 506 g/mol. The molecule has 2 heterocycles. The minimum absolute atomic E-state index is 0.0587. The number of hydrogen-bond donors (Lipinski definition) is 3. The third kappa shape index (κ3) is 5.99. The minimum atomic E-state index is 0.0587. The Morgan fingerprint density at radius 1 is 1.25 bits per heavy atom. The highest BCUT2D eigenvalue weighted by Crippen LogP contribution is 2.36. The molecule has 3 aromatic rings. The van der Waals surface area contributed by atoms with E-state index in [2.05, 4.69) is 43.8 Å². The maximum Gasteiger partial charge on any atom is 0.202 e. The van der Waals surface area contributed by atoms with Gasteiger partial charge in [0.2, 0.25) is 5.96 Å². The van der Waals surface area contributed by atoms with Gasteiger partial charge in [-0.3, -0.25) is 0 Å². The number of terminal acetylenes is 1. The summed E-state index contributed by atoms with van der Waals surface area (Å²) in [5, 5.41) is 11.2. The number of para-hydroxylation sites is 1. The van der Waals surface area contributed by atoms with E-state index in [1.54, 1.807) is 7.11 Å². The SMILES string of the molecule is C#CCN=C(Nc1c(C)cccc1Cl)Nc1ncnc2cc(OC(C)C3CCNCC3)c(OC)cc12. The Hall–Kier alpha value is -3.54. The number of benzene rings is 2. The summed E-state index contributed by atoms with van der Waals surface area (Å²) in [5.74, 6) is 5.26. The molecular formula is C27H31ClN6O2. The third-order valence-electron chi connectivity index (χ3n) is 6.31. The Morgan fingerprint density at radius 3 is 2.78 bits per heavy atom. The molecule has 1 saturated heterocycles. The topological polar surface area (TPSA) is 92.7 Å². The minimum Gasteiger partial charge on any atom is -0.493 e. The first-order valence-corrected chi connectivity index (χ1v) is 12.3. The molecule has 1 aliphatic heterocycles. The van der Waals surface area contributed by atoms with Crippen molar-refractivity contribution in [2.45, 2.75) is 32.8 Å². The molecule has 0 aliphatic carbocycles. The molecule has 188 valence electrons. The van der Waals surface area contributed by atoms with E-state index in [9.17, 15) is 0 Å². The van der Waals surface area contributed by atoms with Crippen molar-refractivity contribution in [3.05, 3.63) is 47.2 Å². The zero-order chi connectivity index (χ0) is 25.5. The lowest BCUT2D eigenvalue weighted by atomic mass is 9.93. The second kappa shape index (κ2) is 11.9. The van der Waals surface area contributed by atoms with E-state index in [0.29, 0.717) is 39.7 Å². The molecule has 1 atom stereocenters. The summed E-state index contributed by atoms with van der Waals surface area (Å²) in [4.78, 5) is 13.4.